The Kier molecular flexibility index (Phi) is 6.02. The lowest BCUT2D eigenvalue weighted by molar-refractivity contribution is -0.138. The molecule has 1 N–H and O–H groups in total. The number of alkyl halides is 6. The number of amides is 2. The number of benzene rings is 2. The van der Waals surface area contributed by atoms with Gasteiger partial charge in [-0.25, -0.2) is 4.79 Å². The molecule has 9 heteroatoms. The maximum Gasteiger partial charge on any atom is 0.416 e. The van der Waals surface area contributed by atoms with Crippen LogP contribution in [0.5, 0.6) is 0 Å². The molecule has 3 nitrogen and oxygen atoms in total. The minimum absolute atomic E-state index is 0.0221. The molecule has 0 aromatic heterocycles. The molecule has 2 aromatic rings. The number of halogens is 6. The number of hydrogen-bond donors (Lipinski definition) is 1. The highest BCUT2D eigenvalue weighted by molar-refractivity contribution is 5.73. The predicted octanol–water partition coefficient (Wildman–Crippen LogP) is 5.07. The molecule has 0 bridgehead atoms. The van der Waals surface area contributed by atoms with E-state index in [1.165, 1.54) is 36.2 Å². The summed E-state index contributed by atoms with van der Waals surface area (Å²) in [6.45, 7) is 0.102. The second-order valence-electron chi connectivity index (χ2n) is 5.90. The normalized spacial score (nSPS) is 12.0. The van der Waals surface area contributed by atoms with E-state index in [0.29, 0.717) is 11.1 Å². The third kappa shape index (κ3) is 5.90. The number of hydrogen-bond acceptors (Lipinski definition) is 1. The molecule has 0 unspecified atom stereocenters. The molecule has 0 saturated carbocycles. The van der Waals surface area contributed by atoms with Crippen LogP contribution in [0.2, 0.25) is 0 Å². The first-order chi connectivity index (χ1) is 12.5. The Hall–Kier alpha value is -2.71. The predicted molar refractivity (Wildman–Crippen MR) is 86.6 cm³/mol. The Labute approximate surface area is 151 Å². The van der Waals surface area contributed by atoms with Crippen LogP contribution in [-0.2, 0) is 25.4 Å². The van der Waals surface area contributed by atoms with Gasteiger partial charge in [0.15, 0.2) is 0 Å². The Balaban J connectivity index is 1.88. The fraction of sp³-hybridized carbons (Fsp3) is 0.278. The maximum absolute atomic E-state index is 12.5. The van der Waals surface area contributed by atoms with Crippen molar-refractivity contribution in [3.63, 3.8) is 0 Å². The van der Waals surface area contributed by atoms with Crippen molar-refractivity contribution in [2.45, 2.75) is 25.4 Å². The Bertz CT molecular complexity index is 766. The van der Waals surface area contributed by atoms with E-state index in [9.17, 15) is 31.1 Å². The quantitative estimate of drug-likeness (QED) is 0.727. The minimum Gasteiger partial charge on any atom is -0.334 e. The van der Waals surface area contributed by atoms with Gasteiger partial charge in [0.05, 0.1) is 11.1 Å². The summed E-state index contributed by atoms with van der Waals surface area (Å²) in [7, 11) is 1.46. The Morgan fingerprint density at radius 3 is 1.63 bits per heavy atom. The molecule has 2 aromatic carbocycles. The van der Waals surface area contributed by atoms with Crippen LogP contribution in [0.15, 0.2) is 48.5 Å². The SMILES string of the molecule is CN(Cc1ccc(C(F)(F)F)cc1)C(=O)NCc1ccc(C(F)(F)F)cc1. The molecule has 2 amide bonds. The highest BCUT2D eigenvalue weighted by Crippen LogP contribution is 2.30. The van der Waals surface area contributed by atoms with E-state index in [-0.39, 0.29) is 13.1 Å². The van der Waals surface area contributed by atoms with Gasteiger partial charge in [0.2, 0.25) is 0 Å². The number of rotatable bonds is 4. The van der Waals surface area contributed by atoms with E-state index < -0.39 is 29.5 Å². The van der Waals surface area contributed by atoms with Crippen molar-refractivity contribution in [3.8, 4) is 0 Å². The molecular formula is C18H16F6N2O. The standard InChI is InChI=1S/C18H16F6N2O/c1-26(11-13-4-8-15(9-5-13)18(22,23)24)16(27)25-10-12-2-6-14(7-3-12)17(19,20)21/h2-9H,10-11H2,1H3,(H,25,27). The molecule has 0 saturated heterocycles. The third-order valence-corrected chi connectivity index (χ3v) is 3.77. The van der Waals surface area contributed by atoms with Crippen molar-refractivity contribution in [1.29, 1.82) is 0 Å². The van der Waals surface area contributed by atoms with Crippen LogP contribution in [-0.4, -0.2) is 18.0 Å². The van der Waals surface area contributed by atoms with Gasteiger partial charge in [-0.3, -0.25) is 0 Å². The molecule has 0 radical (unpaired) electrons. The van der Waals surface area contributed by atoms with E-state index in [1.54, 1.807) is 0 Å². The number of carbonyl (C=O) groups excluding carboxylic acids is 1. The monoisotopic (exact) mass is 390 g/mol. The van der Waals surface area contributed by atoms with Crippen molar-refractivity contribution < 1.29 is 31.1 Å². The number of urea groups is 1. The van der Waals surface area contributed by atoms with Gasteiger partial charge in [-0.2, -0.15) is 26.3 Å². The second-order valence-corrected chi connectivity index (χ2v) is 5.90. The van der Waals surface area contributed by atoms with Crippen LogP contribution in [0.1, 0.15) is 22.3 Å². The fourth-order valence-electron chi connectivity index (χ4n) is 2.27. The fourth-order valence-corrected chi connectivity index (χ4v) is 2.27. The zero-order valence-corrected chi connectivity index (χ0v) is 14.2. The van der Waals surface area contributed by atoms with Crippen molar-refractivity contribution in [2.24, 2.45) is 0 Å². The molecule has 0 aliphatic carbocycles. The summed E-state index contributed by atoms with van der Waals surface area (Å²) in [4.78, 5) is 13.3. The second kappa shape index (κ2) is 7.89. The van der Waals surface area contributed by atoms with E-state index >= 15 is 0 Å². The van der Waals surface area contributed by atoms with Gasteiger partial charge >= 0.3 is 18.4 Å². The lowest BCUT2D eigenvalue weighted by atomic mass is 10.1. The topological polar surface area (TPSA) is 32.3 Å². The van der Waals surface area contributed by atoms with Gasteiger partial charge in [0, 0.05) is 20.1 Å². The molecule has 0 aliphatic heterocycles. The van der Waals surface area contributed by atoms with Crippen LogP contribution in [0.3, 0.4) is 0 Å². The molecule has 0 heterocycles. The Morgan fingerprint density at radius 1 is 0.815 bits per heavy atom. The van der Waals surface area contributed by atoms with Gasteiger partial charge in [0.1, 0.15) is 0 Å². The van der Waals surface area contributed by atoms with Crippen LogP contribution in [0.25, 0.3) is 0 Å². The van der Waals surface area contributed by atoms with Crippen molar-refractivity contribution in [1.82, 2.24) is 10.2 Å². The van der Waals surface area contributed by atoms with Crippen molar-refractivity contribution in [3.05, 3.63) is 70.8 Å². The summed E-state index contributed by atoms with van der Waals surface area (Å²) in [6.07, 6.45) is -8.85. The van der Waals surface area contributed by atoms with Gasteiger partial charge < -0.3 is 10.2 Å². The summed E-state index contributed by atoms with van der Waals surface area (Å²) in [5, 5.41) is 2.54. The number of carbonyl (C=O) groups is 1. The largest absolute Gasteiger partial charge is 0.416 e. The van der Waals surface area contributed by atoms with E-state index in [4.69, 9.17) is 0 Å². The average molecular weight is 390 g/mol. The van der Waals surface area contributed by atoms with Crippen LogP contribution in [0.4, 0.5) is 31.1 Å². The maximum atomic E-state index is 12.5. The summed E-state index contributed by atoms with van der Waals surface area (Å²) in [5.74, 6) is 0. The minimum atomic E-state index is -4.43. The van der Waals surface area contributed by atoms with Crippen LogP contribution in [0, 0.1) is 0 Å². The molecule has 0 fully saturated rings. The first-order valence-electron chi connectivity index (χ1n) is 7.78. The third-order valence-electron chi connectivity index (χ3n) is 3.77. The first kappa shape index (κ1) is 20.6. The molecule has 146 valence electrons. The van der Waals surface area contributed by atoms with Gasteiger partial charge in [0.25, 0.3) is 0 Å². The zero-order chi connectivity index (χ0) is 20.2. The van der Waals surface area contributed by atoms with Gasteiger partial charge in [-0.05, 0) is 35.4 Å². The van der Waals surface area contributed by atoms with E-state index in [0.717, 1.165) is 24.3 Å². The summed E-state index contributed by atoms with van der Waals surface area (Å²) < 4.78 is 75.1. The van der Waals surface area contributed by atoms with Gasteiger partial charge in [-0.1, -0.05) is 24.3 Å². The van der Waals surface area contributed by atoms with Crippen LogP contribution < -0.4 is 5.32 Å². The lowest BCUT2D eigenvalue weighted by Gasteiger charge is -2.18. The zero-order valence-electron chi connectivity index (χ0n) is 14.2. The molecule has 0 spiro atoms. The first-order valence-corrected chi connectivity index (χ1v) is 7.78. The lowest BCUT2D eigenvalue weighted by Crippen LogP contribution is -2.36. The number of nitrogens with one attached hydrogen (secondary N) is 1. The molecular weight excluding hydrogens is 374 g/mol. The molecule has 27 heavy (non-hydrogen) atoms. The van der Waals surface area contributed by atoms with Crippen LogP contribution >= 0.6 is 0 Å². The highest BCUT2D eigenvalue weighted by Gasteiger charge is 2.30. The van der Waals surface area contributed by atoms with E-state index in [1.807, 2.05) is 0 Å². The van der Waals surface area contributed by atoms with Crippen molar-refractivity contribution in [2.75, 3.05) is 7.05 Å². The summed E-state index contributed by atoms with van der Waals surface area (Å²) in [6, 6.07) is 8.30. The highest BCUT2D eigenvalue weighted by atomic mass is 19.4. The van der Waals surface area contributed by atoms with Gasteiger partial charge in [-0.15, -0.1) is 0 Å². The van der Waals surface area contributed by atoms with Crippen molar-refractivity contribution >= 4 is 6.03 Å². The molecule has 2 rings (SSSR count). The molecule has 0 atom stereocenters. The average Bonchev–Trinajstić information content (AvgIpc) is 2.59. The number of nitrogens with zero attached hydrogens (tertiary/aromatic N) is 1. The summed E-state index contributed by atoms with van der Waals surface area (Å²) >= 11 is 0. The Morgan fingerprint density at radius 2 is 1.22 bits per heavy atom. The van der Waals surface area contributed by atoms with E-state index in [2.05, 4.69) is 5.32 Å². The smallest absolute Gasteiger partial charge is 0.334 e. The summed E-state index contributed by atoms with van der Waals surface area (Å²) in [5.41, 5.74) is -0.563. The molecule has 0 aliphatic rings.